The summed E-state index contributed by atoms with van der Waals surface area (Å²) in [6.45, 7) is 11.3. The van der Waals surface area contributed by atoms with Crippen molar-refractivity contribution < 1.29 is 9.47 Å². The van der Waals surface area contributed by atoms with Gasteiger partial charge in [0.15, 0.2) is 0 Å². The third kappa shape index (κ3) is 12.0. The smallest absolute Gasteiger partial charge is 0.118 e. The molecular weight excluding hydrogens is 296 g/mol. The van der Waals surface area contributed by atoms with E-state index in [0.717, 1.165) is 31.6 Å². The predicted octanol–water partition coefficient (Wildman–Crippen LogP) is 6.38. The summed E-state index contributed by atoms with van der Waals surface area (Å²) in [5.41, 5.74) is 1.38. The van der Waals surface area contributed by atoms with Crippen molar-refractivity contribution in [1.82, 2.24) is 0 Å². The molecule has 24 heavy (non-hydrogen) atoms. The summed E-state index contributed by atoms with van der Waals surface area (Å²) in [5.74, 6) is 1.44. The standard InChI is InChI=1S/C22H36O2/c1-7-13-21(23-6)15-11-10-12-16-24-22(14-8-2)18-20(9-3)17-19(4)5/h7-8,10-11,13-15,17,20,22H,9,12,16,18H2,1-6H3/b11-10+,13-7-,14-8-,21-15+. The van der Waals surface area contributed by atoms with Gasteiger partial charge in [0, 0.05) is 0 Å². The first-order valence-electron chi connectivity index (χ1n) is 9.00. The molecule has 0 rings (SSSR count). The van der Waals surface area contributed by atoms with Crippen molar-refractivity contribution in [3.63, 3.8) is 0 Å². The van der Waals surface area contributed by atoms with Crippen LogP contribution in [0.25, 0.3) is 0 Å². The van der Waals surface area contributed by atoms with Crippen LogP contribution in [0.1, 0.15) is 53.9 Å². The van der Waals surface area contributed by atoms with Gasteiger partial charge in [-0.2, -0.15) is 0 Å². The summed E-state index contributed by atoms with van der Waals surface area (Å²) in [6.07, 6.45) is 19.9. The van der Waals surface area contributed by atoms with Crippen LogP contribution in [0.5, 0.6) is 0 Å². The van der Waals surface area contributed by atoms with Gasteiger partial charge in [-0.3, -0.25) is 0 Å². The van der Waals surface area contributed by atoms with Crippen molar-refractivity contribution in [1.29, 1.82) is 0 Å². The van der Waals surface area contributed by atoms with Crippen molar-refractivity contribution in [2.75, 3.05) is 13.7 Å². The van der Waals surface area contributed by atoms with Crippen LogP contribution in [0.4, 0.5) is 0 Å². The van der Waals surface area contributed by atoms with Crippen LogP contribution in [0, 0.1) is 5.92 Å². The van der Waals surface area contributed by atoms with Crippen LogP contribution >= 0.6 is 0 Å². The number of rotatable bonds is 12. The van der Waals surface area contributed by atoms with Crippen LogP contribution in [0.15, 0.2) is 59.9 Å². The number of hydrogen-bond acceptors (Lipinski definition) is 2. The molecule has 0 radical (unpaired) electrons. The van der Waals surface area contributed by atoms with Gasteiger partial charge in [-0.1, -0.05) is 49.0 Å². The Bertz CT molecular complexity index is 449. The summed E-state index contributed by atoms with van der Waals surface area (Å²) in [4.78, 5) is 0. The van der Waals surface area contributed by atoms with Crippen molar-refractivity contribution in [3.05, 3.63) is 59.9 Å². The van der Waals surface area contributed by atoms with Crippen molar-refractivity contribution in [3.8, 4) is 0 Å². The highest BCUT2D eigenvalue weighted by Gasteiger charge is 2.11. The van der Waals surface area contributed by atoms with E-state index in [9.17, 15) is 0 Å². The van der Waals surface area contributed by atoms with Crippen LogP contribution in [0.3, 0.4) is 0 Å². The molecule has 0 aromatic rings. The number of methoxy groups -OCH3 is 1. The molecule has 2 nitrogen and oxygen atoms in total. The molecule has 2 atom stereocenters. The molecule has 0 N–H and O–H groups in total. The van der Waals surface area contributed by atoms with Crippen molar-refractivity contribution in [2.45, 2.75) is 60.0 Å². The molecule has 0 aliphatic carbocycles. The zero-order valence-corrected chi connectivity index (χ0v) is 16.4. The van der Waals surface area contributed by atoms with Gasteiger partial charge in [-0.25, -0.2) is 0 Å². The lowest BCUT2D eigenvalue weighted by Gasteiger charge is -2.19. The molecule has 2 unspecified atom stereocenters. The quantitative estimate of drug-likeness (QED) is 0.179. The predicted molar refractivity (Wildman–Crippen MR) is 106 cm³/mol. The Morgan fingerprint density at radius 2 is 1.88 bits per heavy atom. The molecular formula is C22H36O2. The lowest BCUT2D eigenvalue weighted by atomic mass is 9.96. The van der Waals surface area contributed by atoms with E-state index >= 15 is 0 Å². The van der Waals surface area contributed by atoms with Crippen LogP contribution < -0.4 is 0 Å². The zero-order valence-electron chi connectivity index (χ0n) is 16.4. The molecule has 0 saturated carbocycles. The minimum absolute atomic E-state index is 0.192. The summed E-state index contributed by atoms with van der Waals surface area (Å²) >= 11 is 0. The monoisotopic (exact) mass is 332 g/mol. The van der Waals surface area contributed by atoms with E-state index in [1.54, 1.807) is 7.11 Å². The van der Waals surface area contributed by atoms with E-state index in [1.807, 2.05) is 31.2 Å². The van der Waals surface area contributed by atoms with E-state index in [2.05, 4.69) is 52.0 Å². The van der Waals surface area contributed by atoms with E-state index in [1.165, 1.54) is 5.57 Å². The second-order valence-corrected chi connectivity index (χ2v) is 6.07. The van der Waals surface area contributed by atoms with Gasteiger partial charge in [0.25, 0.3) is 0 Å². The topological polar surface area (TPSA) is 18.5 Å². The van der Waals surface area contributed by atoms with Gasteiger partial charge < -0.3 is 9.47 Å². The third-order valence-electron chi connectivity index (χ3n) is 3.62. The molecule has 0 aliphatic rings. The molecule has 136 valence electrons. The second-order valence-electron chi connectivity index (χ2n) is 6.07. The van der Waals surface area contributed by atoms with E-state index in [4.69, 9.17) is 9.47 Å². The Kier molecular flexibility index (Phi) is 14.1. The summed E-state index contributed by atoms with van der Waals surface area (Å²) < 4.78 is 11.3. The molecule has 0 amide bonds. The highest BCUT2D eigenvalue weighted by molar-refractivity contribution is 5.17. The number of hydrogen-bond donors (Lipinski definition) is 0. The average molecular weight is 333 g/mol. The van der Waals surface area contributed by atoms with Gasteiger partial charge in [-0.15, -0.1) is 0 Å². The summed E-state index contributed by atoms with van der Waals surface area (Å²) in [5, 5.41) is 0. The van der Waals surface area contributed by atoms with Crippen LogP contribution in [0.2, 0.25) is 0 Å². The normalized spacial score (nSPS) is 15.3. The molecule has 0 spiro atoms. The summed E-state index contributed by atoms with van der Waals surface area (Å²) in [6, 6.07) is 0. The number of ether oxygens (including phenoxy) is 2. The first-order chi connectivity index (χ1) is 11.6. The fourth-order valence-electron chi connectivity index (χ4n) is 2.44. The average Bonchev–Trinajstić information content (AvgIpc) is 2.55. The molecule has 0 aromatic heterocycles. The molecule has 0 heterocycles. The van der Waals surface area contributed by atoms with Gasteiger partial charge in [0.05, 0.1) is 19.8 Å². The molecule has 0 aromatic carbocycles. The van der Waals surface area contributed by atoms with E-state index in [-0.39, 0.29) is 6.10 Å². The van der Waals surface area contributed by atoms with Gasteiger partial charge in [0.2, 0.25) is 0 Å². The Balaban J connectivity index is 4.38. The van der Waals surface area contributed by atoms with Crippen molar-refractivity contribution >= 4 is 0 Å². The fourth-order valence-corrected chi connectivity index (χ4v) is 2.44. The Morgan fingerprint density at radius 1 is 1.12 bits per heavy atom. The minimum atomic E-state index is 0.192. The zero-order chi connectivity index (χ0) is 18.2. The maximum atomic E-state index is 6.04. The van der Waals surface area contributed by atoms with Gasteiger partial charge >= 0.3 is 0 Å². The molecule has 0 saturated heterocycles. The second kappa shape index (κ2) is 15.0. The first-order valence-corrected chi connectivity index (χ1v) is 9.00. The Morgan fingerprint density at radius 3 is 2.42 bits per heavy atom. The van der Waals surface area contributed by atoms with Gasteiger partial charge in [-0.05, 0) is 65.0 Å². The lowest BCUT2D eigenvalue weighted by Crippen LogP contribution is -2.15. The highest BCUT2D eigenvalue weighted by Crippen LogP contribution is 2.18. The third-order valence-corrected chi connectivity index (χ3v) is 3.62. The van der Waals surface area contributed by atoms with Crippen LogP contribution in [-0.4, -0.2) is 19.8 Å². The molecule has 2 heteroatoms. The largest absolute Gasteiger partial charge is 0.497 e. The van der Waals surface area contributed by atoms with Crippen LogP contribution in [-0.2, 0) is 9.47 Å². The Labute approximate surface area is 149 Å². The van der Waals surface area contributed by atoms with Gasteiger partial charge in [0.1, 0.15) is 5.76 Å². The number of allylic oxidation sites excluding steroid dienone is 7. The van der Waals surface area contributed by atoms with Crippen molar-refractivity contribution in [2.24, 2.45) is 5.92 Å². The minimum Gasteiger partial charge on any atom is -0.497 e. The van der Waals surface area contributed by atoms with E-state index in [0.29, 0.717) is 5.92 Å². The Hall–Kier alpha value is -1.54. The maximum absolute atomic E-state index is 6.04. The first kappa shape index (κ1) is 22.5. The SMILES string of the molecule is C\C=C/C(=C\C=C\CCOC(/C=C\C)CC(C=C(C)C)CC)OC. The maximum Gasteiger partial charge on any atom is 0.118 e. The molecule has 0 aliphatic heterocycles. The lowest BCUT2D eigenvalue weighted by molar-refractivity contribution is 0.0749. The molecule has 0 bridgehead atoms. The van der Waals surface area contributed by atoms with E-state index < -0.39 is 0 Å². The molecule has 0 fully saturated rings. The highest BCUT2D eigenvalue weighted by atomic mass is 16.5. The fraction of sp³-hybridized carbons (Fsp3) is 0.545. The summed E-state index contributed by atoms with van der Waals surface area (Å²) in [7, 11) is 1.68.